The van der Waals surface area contributed by atoms with Crippen molar-refractivity contribution >= 4 is 21.8 Å². The van der Waals surface area contributed by atoms with E-state index in [1.807, 2.05) is 85.7 Å². The van der Waals surface area contributed by atoms with Gasteiger partial charge in [0.25, 0.3) is 0 Å². The zero-order valence-electron chi connectivity index (χ0n) is 30.7. The first-order valence-corrected chi connectivity index (χ1v) is 19.1. The topological polar surface area (TPSA) is 82.3 Å². The number of nitrogens with zero attached hydrogens (tertiary/aromatic N) is 7. The van der Waals surface area contributed by atoms with E-state index in [0.717, 1.165) is 61.8 Å². The molecular formula is C50H33N7. The predicted molar refractivity (Wildman–Crippen MR) is 225 cm³/mol. The van der Waals surface area contributed by atoms with Crippen molar-refractivity contribution in [2.45, 2.75) is 11.8 Å². The van der Waals surface area contributed by atoms with Crippen molar-refractivity contribution in [3.05, 3.63) is 223 Å². The molecule has 0 saturated carbocycles. The van der Waals surface area contributed by atoms with Crippen LogP contribution in [0, 0.1) is 0 Å². The van der Waals surface area contributed by atoms with Gasteiger partial charge in [0.2, 0.25) is 0 Å². The Bertz CT molecular complexity index is 2990. The SMILES string of the molecule is c1ccc(-c2cc3c4ccccc4n(-c4cnc(C5c6ccccc6-c6ccccc65)nc4)c3cn2)cc1.c1ccc(C2c3cccnc3-c3cccnc32)nc1. The molecule has 10 aromatic rings. The summed E-state index contributed by atoms with van der Waals surface area (Å²) in [5, 5.41) is 2.35. The molecule has 6 aromatic heterocycles. The standard InChI is InChI=1S/C34H22N4.C16H11N3/c1-2-10-22(11-3-1)30-18-29-26-14-8-9-17-31(26)38(32(29)21-35-30)23-19-36-34(37-20-23)33-27-15-6-4-12-24(27)25-13-5-7-16-28(25)33;1-2-8-17-13(7-1)14-11-5-3-9-18-15(11)12-6-4-10-19-16(12)14/h1-21,33H;1-10,14H. The number of aromatic nitrogens is 7. The van der Waals surface area contributed by atoms with E-state index in [9.17, 15) is 0 Å². The summed E-state index contributed by atoms with van der Waals surface area (Å²) in [7, 11) is 0. The first-order valence-electron chi connectivity index (χ1n) is 19.1. The Balaban J connectivity index is 0.000000165. The molecule has 12 rings (SSSR count). The molecule has 1 unspecified atom stereocenters. The van der Waals surface area contributed by atoms with Crippen molar-refractivity contribution in [1.29, 1.82) is 0 Å². The minimum atomic E-state index is 0.0321. The third-order valence-electron chi connectivity index (χ3n) is 11.1. The van der Waals surface area contributed by atoms with E-state index in [2.05, 4.69) is 123 Å². The fraction of sp³-hybridized carbons (Fsp3) is 0.0400. The number of rotatable bonds is 4. The third kappa shape index (κ3) is 5.43. The fourth-order valence-electron chi connectivity index (χ4n) is 8.66. The molecule has 0 spiro atoms. The fourth-order valence-corrected chi connectivity index (χ4v) is 8.66. The van der Waals surface area contributed by atoms with Crippen molar-refractivity contribution in [3.63, 3.8) is 0 Å². The summed E-state index contributed by atoms with van der Waals surface area (Å²) >= 11 is 0. The molecule has 6 heterocycles. The number of fused-ring (bicyclic) bond motifs is 9. The molecular weight excluding hydrogens is 699 g/mol. The monoisotopic (exact) mass is 731 g/mol. The van der Waals surface area contributed by atoms with E-state index in [4.69, 9.17) is 15.0 Å². The van der Waals surface area contributed by atoms with Gasteiger partial charge in [0, 0.05) is 40.5 Å². The van der Waals surface area contributed by atoms with Crippen LogP contribution in [0.2, 0.25) is 0 Å². The lowest BCUT2D eigenvalue weighted by molar-refractivity contribution is 0.865. The maximum atomic E-state index is 4.94. The average molecular weight is 732 g/mol. The molecule has 0 bridgehead atoms. The lowest BCUT2D eigenvalue weighted by Crippen LogP contribution is -2.06. The van der Waals surface area contributed by atoms with E-state index in [0.29, 0.717) is 0 Å². The van der Waals surface area contributed by atoms with Gasteiger partial charge in [-0.2, -0.15) is 0 Å². The van der Waals surface area contributed by atoms with Gasteiger partial charge in [0.1, 0.15) is 5.82 Å². The molecule has 0 fully saturated rings. The molecule has 1 atom stereocenters. The smallest absolute Gasteiger partial charge is 0.140 e. The highest BCUT2D eigenvalue weighted by Crippen LogP contribution is 2.47. The van der Waals surface area contributed by atoms with E-state index >= 15 is 0 Å². The molecule has 7 heteroatoms. The summed E-state index contributed by atoms with van der Waals surface area (Å²) in [6.07, 6.45) is 11.4. The van der Waals surface area contributed by atoms with Gasteiger partial charge in [-0.15, -0.1) is 0 Å². The van der Waals surface area contributed by atoms with E-state index in [-0.39, 0.29) is 11.8 Å². The molecule has 268 valence electrons. The first-order chi connectivity index (χ1) is 28.3. The van der Waals surface area contributed by atoms with Crippen LogP contribution in [-0.2, 0) is 0 Å². The largest absolute Gasteiger partial charge is 0.305 e. The van der Waals surface area contributed by atoms with E-state index in [1.54, 1.807) is 0 Å². The number of hydrogen-bond donors (Lipinski definition) is 0. The van der Waals surface area contributed by atoms with Gasteiger partial charge >= 0.3 is 0 Å². The molecule has 4 aromatic carbocycles. The molecule has 0 aliphatic heterocycles. The van der Waals surface area contributed by atoms with Crippen molar-refractivity contribution in [3.8, 4) is 39.3 Å². The number of hydrogen-bond acceptors (Lipinski definition) is 6. The molecule has 0 radical (unpaired) electrons. The zero-order valence-corrected chi connectivity index (χ0v) is 30.7. The van der Waals surface area contributed by atoms with Gasteiger partial charge in [0.05, 0.1) is 69.9 Å². The normalized spacial score (nSPS) is 13.7. The van der Waals surface area contributed by atoms with Crippen molar-refractivity contribution in [2.24, 2.45) is 0 Å². The van der Waals surface area contributed by atoms with Crippen LogP contribution < -0.4 is 0 Å². The quantitative estimate of drug-likeness (QED) is 0.179. The van der Waals surface area contributed by atoms with Crippen LogP contribution in [0.3, 0.4) is 0 Å². The predicted octanol–water partition coefficient (Wildman–Crippen LogP) is 10.8. The van der Waals surface area contributed by atoms with Crippen molar-refractivity contribution in [2.75, 3.05) is 0 Å². The van der Waals surface area contributed by atoms with E-state index < -0.39 is 0 Å². The second-order valence-corrected chi connectivity index (χ2v) is 14.3. The Hall–Kier alpha value is -7.64. The molecule has 2 aliphatic carbocycles. The lowest BCUT2D eigenvalue weighted by atomic mass is 9.96. The first kappa shape index (κ1) is 32.8. The van der Waals surface area contributed by atoms with Crippen molar-refractivity contribution < 1.29 is 0 Å². The maximum absolute atomic E-state index is 4.94. The van der Waals surface area contributed by atoms with Crippen LogP contribution in [0.25, 0.3) is 61.1 Å². The highest BCUT2D eigenvalue weighted by molar-refractivity contribution is 6.09. The molecule has 57 heavy (non-hydrogen) atoms. The van der Waals surface area contributed by atoms with Crippen LogP contribution >= 0.6 is 0 Å². The molecule has 0 N–H and O–H groups in total. The Morgan fingerprint density at radius 2 is 1.07 bits per heavy atom. The summed E-state index contributed by atoms with van der Waals surface area (Å²) in [4.78, 5) is 28.3. The van der Waals surface area contributed by atoms with E-state index in [1.165, 1.54) is 33.2 Å². The summed E-state index contributed by atoms with van der Waals surface area (Å²) in [5.41, 5.74) is 15.6. The van der Waals surface area contributed by atoms with Gasteiger partial charge in [-0.05, 0) is 70.3 Å². The summed E-state index contributed by atoms with van der Waals surface area (Å²) in [6.45, 7) is 0. The minimum Gasteiger partial charge on any atom is -0.305 e. The van der Waals surface area contributed by atoms with Crippen LogP contribution in [0.5, 0.6) is 0 Å². The highest BCUT2D eigenvalue weighted by Gasteiger charge is 2.33. The highest BCUT2D eigenvalue weighted by atomic mass is 15.0. The van der Waals surface area contributed by atoms with Crippen LogP contribution in [0.1, 0.15) is 45.7 Å². The minimum absolute atomic E-state index is 0.0321. The second kappa shape index (κ2) is 13.6. The zero-order chi connectivity index (χ0) is 37.7. The third-order valence-corrected chi connectivity index (χ3v) is 11.1. The molecule has 7 nitrogen and oxygen atoms in total. The second-order valence-electron chi connectivity index (χ2n) is 14.3. The van der Waals surface area contributed by atoms with Crippen LogP contribution in [0.15, 0.2) is 189 Å². The Morgan fingerprint density at radius 1 is 0.421 bits per heavy atom. The van der Waals surface area contributed by atoms with Crippen LogP contribution in [0.4, 0.5) is 0 Å². The average Bonchev–Trinajstić information content (AvgIpc) is 3.93. The molecule has 2 aliphatic rings. The number of pyridine rings is 4. The Morgan fingerprint density at radius 3 is 1.86 bits per heavy atom. The van der Waals surface area contributed by atoms with Crippen molar-refractivity contribution in [1.82, 2.24) is 34.5 Å². The van der Waals surface area contributed by atoms with Gasteiger partial charge < -0.3 is 4.57 Å². The van der Waals surface area contributed by atoms with Gasteiger partial charge in [-0.25, -0.2) is 9.97 Å². The maximum Gasteiger partial charge on any atom is 0.140 e. The molecule has 0 saturated heterocycles. The van der Waals surface area contributed by atoms with Crippen LogP contribution in [-0.4, -0.2) is 34.5 Å². The number of para-hydroxylation sites is 1. The van der Waals surface area contributed by atoms with Gasteiger partial charge in [0.15, 0.2) is 0 Å². The Labute approximate surface area is 329 Å². The number of benzene rings is 4. The Kier molecular flexibility index (Phi) is 7.81. The molecule has 0 amide bonds. The summed E-state index contributed by atoms with van der Waals surface area (Å²) in [6, 6.07) is 52.3. The lowest BCUT2D eigenvalue weighted by Gasteiger charge is -2.13. The summed E-state index contributed by atoms with van der Waals surface area (Å²) < 4.78 is 2.22. The van der Waals surface area contributed by atoms with Gasteiger partial charge in [-0.1, -0.05) is 109 Å². The summed E-state index contributed by atoms with van der Waals surface area (Å²) in [5.74, 6) is 0.946. The van der Waals surface area contributed by atoms with Gasteiger partial charge in [-0.3, -0.25) is 19.9 Å².